The summed E-state index contributed by atoms with van der Waals surface area (Å²) >= 11 is 9.70. The van der Waals surface area contributed by atoms with E-state index in [9.17, 15) is 0 Å². The summed E-state index contributed by atoms with van der Waals surface area (Å²) < 4.78 is 1.04. The average Bonchev–Trinajstić information content (AvgIpc) is 2.71. The third kappa shape index (κ3) is 3.44. The maximum absolute atomic E-state index is 6.26. The van der Waals surface area contributed by atoms with Crippen molar-refractivity contribution in [1.29, 1.82) is 0 Å². The van der Waals surface area contributed by atoms with E-state index in [1.807, 2.05) is 13.1 Å². The smallest absolute Gasteiger partial charge is 0.0462 e. The lowest BCUT2D eigenvalue weighted by Crippen LogP contribution is -2.36. The van der Waals surface area contributed by atoms with E-state index in [0.29, 0.717) is 6.04 Å². The van der Waals surface area contributed by atoms with E-state index in [1.165, 1.54) is 24.9 Å². The Hall–Kier alpha value is -0.0900. The summed E-state index contributed by atoms with van der Waals surface area (Å²) in [6.45, 7) is 3.20. The lowest BCUT2D eigenvalue weighted by atomic mass is 10.2. The van der Waals surface area contributed by atoms with Crippen LogP contribution in [-0.2, 0) is 6.54 Å². The van der Waals surface area contributed by atoms with Gasteiger partial charge in [-0.05, 0) is 44.1 Å². The normalized spacial score (nSPS) is 21.0. The first-order valence-electron chi connectivity index (χ1n) is 6.03. The maximum Gasteiger partial charge on any atom is 0.0462 e. The van der Waals surface area contributed by atoms with Crippen molar-refractivity contribution in [2.45, 2.75) is 25.4 Å². The molecule has 1 aromatic carbocycles. The van der Waals surface area contributed by atoms with Gasteiger partial charge in [-0.3, -0.25) is 4.90 Å². The molecule has 2 rings (SSSR count). The Balaban J connectivity index is 2.04. The summed E-state index contributed by atoms with van der Waals surface area (Å²) in [7, 11) is 2.02. The molecule has 4 heteroatoms. The maximum atomic E-state index is 6.26. The lowest BCUT2D eigenvalue weighted by Gasteiger charge is -2.24. The number of rotatable bonds is 4. The van der Waals surface area contributed by atoms with E-state index in [4.69, 9.17) is 11.6 Å². The molecule has 1 unspecified atom stereocenters. The van der Waals surface area contributed by atoms with Crippen molar-refractivity contribution in [2.75, 3.05) is 20.1 Å². The average molecular weight is 318 g/mol. The van der Waals surface area contributed by atoms with Crippen LogP contribution in [0.2, 0.25) is 5.02 Å². The van der Waals surface area contributed by atoms with Crippen LogP contribution in [-0.4, -0.2) is 31.1 Å². The summed E-state index contributed by atoms with van der Waals surface area (Å²) in [5.74, 6) is 0. The van der Waals surface area contributed by atoms with Crippen LogP contribution >= 0.6 is 27.5 Å². The van der Waals surface area contributed by atoms with Crippen molar-refractivity contribution in [3.8, 4) is 0 Å². The Morgan fingerprint density at radius 3 is 3.06 bits per heavy atom. The number of nitrogens with one attached hydrogen (secondary N) is 1. The highest BCUT2D eigenvalue weighted by atomic mass is 79.9. The summed E-state index contributed by atoms with van der Waals surface area (Å²) in [6, 6.07) is 6.80. The molecule has 94 valence electrons. The number of likely N-dealkylation sites (N-methyl/N-ethyl adjacent to an activating group) is 1. The molecule has 1 saturated heterocycles. The molecule has 1 fully saturated rings. The number of hydrogen-bond acceptors (Lipinski definition) is 2. The van der Waals surface area contributed by atoms with E-state index < -0.39 is 0 Å². The van der Waals surface area contributed by atoms with E-state index in [0.717, 1.165) is 22.6 Å². The van der Waals surface area contributed by atoms with Gasteiger partial charge in [0, 0.05) is 28.6 Å². The largest absolute Gasteiger partial charge is 0.318 e. The Labute approximate surface area is 116 Å². The SMILES string of the molecule is CNCC1CCCN1Cc1ccc(Br)cc1Cl. The fourth-order valence-electron chi connectivity index (χ4n) is 2.44. The van der Waals surface area contributed by atoms with Crippen molar-refractivity contribution in [3.63, 3.8) is 0 Å². The molecule has 0 aliphatic carbocycles. The van der Waals surface area contributed by atoms with E-state index in [2.05, 4.69) is 38.3 Å². The first-order valence-corrected chi connectivity index (χ1v) is 7.20. The second kappa shape index (κ2) is 6.19. The first-order chi connectivity index (χ1) is 8.20. The first kappa shape index (κ1) is 13.3. The number of benzene rings is 1. The molecule has 1 aliphatic rings. The summed E-state index contributed by atoms with van der Waals surface area (Å²) in [5.41, 5.74) is 1.22. The van der Waals surface area contributed by atoms with Gasteiger partial charge in [0.2, 0.25) is 0 Å². The number of likely N-dealkylation sites (tertiary alicyclic amines) is 1. The van der Waals surface area contributed by atoms with Crippen LogP contribution in [0, 0.1) is 0 Å². The molecule has 1 atom stereocenters. The van der Waals surface area contributed by atoms with Gasteiger partial charge in [0.15, 0.2) is 0 Å². The van der Waals surface area contributed by atoms with Crippen LogP contribution in [0.25, 0.3) is 0 Å². The monoisotopic (exact) mass is 316 g/mol. The van der Waals surface area contributed by atoms with Crippen LogP contribution in [0.3, 0.4) is 0 Å². The van der Waals surface area contributed by atoms with Crippen LogP contribution in [0.1, 0.15) is 18.4 Å². The van der Waals surface area contributed by atoms with Gasteiger partial charge in [0.1, 0.15) is 0 Å². The third-order valence-electron chi connectivity index (χ3n) is 3.33. The zero-order valence-electron chi connectivity index (χ0n) is 10.0. The Morgan fingerprint density at radius 1 is 1.53 bits per heavy atom. The molecule has 1 N–H and O–H groups in total. The zero-order chi connectivity index (χ0) is 12.3. The minimum atomic E-state index is 0.653. The Morgan fingerprint density at radius 2 is 2.35 bits per heavy atom. The van der Waals surface area contributed by atoms with Crippen molar-refractivity contribution in [3.05, 3.63) is 33.3 Å². The standard InChI is InChI=1S/C13H18BrClN2/c1-16-8-12-3-2-6-17(12)9-10-4-5-11(14)7-13(10)15/h4-5,7,12,16H,2-3,6,8-9H2,1H3. The van der Waals surface area contributed by atoms with Crippen LogP contribution in [0.4, 0.5) is 0 Å². The highest BCUT2D eigenvalue weighted by Gasteiger charge is 2.24. The predicted molar refractivity (Wildman–Crippen MR) is 76.5 cm³/mol. The molecule has 1 aromatic rings. The molecule has 1 aliphatic heterocycles. The van der Waals surface area contributed by atoms with Gasteiger partial charge in [0.25, 0.3) is 0 Å². The summed E-state index contributed by atoms with van der Waals surface area (Å²) in [5, 5.41) is 4.12. The minimum absolute atomic E-state index is 0.653. The zero-order valence-corrected chi connectivity index (χ0v) is 12.4. The number of nitrogens with zero attached hydrogens (tertiary/aromatic N) is 1. The van der Waals surface area contributed by atoms with Gasteiger partial charge in [-0.1, -0.05) is 33.6 Å². The Kier molecular flexibility index (Phi) is 4.86. The van der Waals surface area contributed by atoms with Crippen LogP contribution in [0.15, 0.2) is 22.7 Å². The number of hydrogen-bond donors (Lipinski definition) is 1. The molecule has 0 aromatic heterocycles. The fraction of sp³-hybridized carbons (Fsp3) is 0.538. The quantitative estimate of drug-likeness (QED) is 0.917. The second-order valence-corrected chi connectivity index (χ2v) is 5.88. The van der Waals surface area contributed by atoms with E-state index >= 15 is 0 Å². The molecular formula is C13H18BrClN2. The fourth-order valence-corrected chi connectivity index (χ4v) is 3.17. The summed E-state index contributed by atoms with van der Waals surface area (Å²) in [6.07, 6.45) is 2.58. The van der Waals surface area contributed by atoms with Gasteiger partial charge in [-0.15, -0.1) is 0 Å². The molecule has 0 saturated carbocycles. The highest BCUT2D eigenvalue weighted by molar-refractivity contribution is 9.10. The topological polar surface area (TPSA) is 15.3 Å². The van der Waals surface area contributed by atoms with Crippen molar-refractivity contribution in [1.82, 2.24) is 10.2 Å². The molecule has 17 heavy (non-hydrogen) atoms. The van der Waals surface area contributed by atoms with Crippen LogP contribution in [0.5, 0.6) is 0 Å². The van der Waals surface area contributed by atoms with E-state index in [-0.39, 0.29) is 0 Å². The summed E-state index contributed by atoms with van der Waals surface area (Å²) in [4.78, 5) is 2.52. The minimum Gasteiger partial charge on any atom is -0.318 e. The van der Waals surface area contributed by atoms with Crippen molar-refractivity contribution < 1.29 is 0 Å². The van der Waals surface area contributed by atoms with Crippen molar-refractivity contribution >= 4 is 27.5 Å². The van der Waals surface area contributed by atoms with Gasteiger partial charge in [-0.25, -0.2) is 0 Å². The van der Waals surface area contributed by atoms with Gasteiger partial charge in [-0.2, -0.15) is 0 Å². The van der Waals surface area contributed by atoms with Crippen molar-refractivity contribution in [2.24, 2.45) is 0 Å². The molecule has 1 heterocycles. The predicted octanol–water partition coefficient (Wildman–Crippen LogP) is 3.29. The van der Waals surface area contributed by atoms with Gasteiger partial charge in [0.05, 0.1) is 0 Å². The third-order valence-corrected chi connectivity index (χ3v) is 4.17. The van der Waals surface area contributed by atoms with E-state index in [1.54, 1.807) is 0 Å². The molecule has 0 radical (unpaired) electrons. The highest BCUT2D eigenvalue weighted by Crippen LogP contribution is 2.25. The molecule has 0 spiro atoms. The molecular weight excluding hydrogens is 300 g/mol. The number of halogens is 2. The van der Waals surface area contributed by atoms with Gasteiger partial charge >= 0.3 is 0 Å². The molecule has 0 bridgehead atoms. The molecule has 0 amide bonds. The Bertz CT molecular complexity index is 384. The molecule has 2 nitrogen and oxygen atoms in total. The van der Waals surface area contributed by atoms with Crippen LogP contribution < -0.4 is 5.32 Å². The van der Waals surface area contributed by atoms with Gasteiger partial charge < -0.3 is 5.32 Å². The lowest BCUT2D eigenvalue weighted by molar-refractivity contribution is 0.242. The second-order valence-electron chi connectivity index (χ2n) is 4.56.